The van der Waals surface area contributed by atoms with Crippen molar-refractivity contribution in [3.63, 3.8) is 0 Å². The SMILES string of the molecule is O=C1Cc2cc(F)ccc2N2C(=O)C[C@@H](c3ccco3)[C@H]12. The van der Waals surface area contributed by atoms with Crippen LogP contribution >= 0.6 is 0 Å². The quantitative estimate of drug-likeness (QED) is 0.808. The van der Waals surface area contributed by atoms with E-state index in [2.05, 4.69) is 0 Å². The highest BCUT2D eigenvalue weighted by molar-refractivity contribution is 6.09. The van der Waals surface area contributed by atoms with E-state index in [1.807, 2.05) is 0 Å². The zero-order valence-electron chi connectivity index (χ0n) is 11.1. The van der Waals surface area contributed by atoms with E-state index in [1.54, 1.807) is 24.5 Å². The molecule has 21 heavy (non-hydrogen) atoms. The summed E-state index contributed by atoms with van der Waals surface area (Å²) >= 11 is 0. The van der Waals surface area contributed by atoms with Crippen molar-refractivity contribution in [3.8, 4) is 0 Å². The topological polar surface area (TPSA) is 50.5 Å². The number of nitrogens with zero attached hydrogens (tertiary/aromatic N) is 1. The first-order valence-corrected chi connectivity index (χ1v) is 6.82. The van der Waals surface area contributed by atoms with Gasteiger partial charge in [-0.2, -0.15) is 0 Å². The Morgan fingerprint density at radius 2 is 2.10 bits per heavy atom. The fourth-order valence-corrected chi connectivity index (χ4v) is 3.37. The second-order valence-corrected chi connectivity index (χ2v) is 5.45. The van der Waals surface area contributed by atoms with Crippen LogP contribution in [0.5, 0.6) is 0 Å². The summed E-state index contributed by atoms with van der Waals surface area (Å²) in [7, 11) is 0. The number of hydrogen-bond donors (Lipinski definition) is 0. The Balaban J connectivity index is 1.83. The molecule has 1 amide bonds. The van der Waals surface area contributed by atoms with Gasteiger partial charge >= 0.3 is 0 Å². The molecule has 1 aromatic heterocycles. The lowest BCUT2D eigenvalue weighted by atomic mass is 9.88. The number of carbonyl (C=O) groups is 2. The number of furan rings is 1. The summed E-state index contributed by atoms with van der Waals surface area (Å²) in [6.07, 6.45) is 1.93. The van der Waals surface area contributed by atoms with Crippen LogP contribution in [0.15, 0.2) is 41.0 Å². The molecule has 3 heterocycles. The molecule has 1 aromatic carbocycles. The predicted molar refractivity (Wildman–Crippen MR) is 72.5 cm³/mol. The Labute approximate surface area is 120 Å². The zero-order chi connectivity index (χ0) is 14.6. The smallest absolute Gasteiger partial charge is 0.228 e. The molecule has 2 aromatic rings. The first-order chi connectivity index (χ1) is 10.1. The molecule has 0 saturated carbocycles. The predicted octanol–water partition coefficient (Wildman–Crippen LogP) is 2.43. The van der Waals surface area contributed by atoms with Gasteiger partial charge in [-0.15, -0.1) is 0 Å². The molecule has 4 rings (SSSR count). The van der Waals surface area contributed by atoms with Crippen molar-refractivity contribution in [1.29, 1.82) is 0 Å². The van der Waals surface area contributed by atoms with E-state index in [9.17, 15) is 14.0 Å². The van der Waals surface area contributed by atoms with Crippen molar-refractivity contribution in [2.45, 2.75) is 24.8 Å². The normalized spacial score (nSPS) is 24.1. The number of benzene rings is 1. The van der Waals surface area contributed by atoms with Gasteiger partial charge in [-0.05, 0) is 35.9 Å². The minimum absolute atomic E-state index is 0.0691. The third-order valence-electron chi connectivity index (χ3n) is 4.23. The third kappa shape index (κ3) is 1.73. The first kappa shape index (κ1) is 12.3. The number of ketones is 1. The van der Waals surface area contributed by atoms with Gasteiger partial charge in [-0.3, -0.25) is 9.59 Å². The number of halogens is 1. The third-order valence-corrected chi connectivity index (χ3v) is 4.23. The van der Waals surface area contributed by atoms with Crippen molar-refractivity contribution in [2.75, 3.05) is 4.90 Å². The summed E-state index contributed by atoms with van der Waals surface area (Å²) in [5.74, 6) is -0.204. The zero-order valence-corrected chi connectivity index (χ0v) is 11.1. The van der Waals surface area contributed by atoms with Crippen LogP contribution in [0.25, 0.3) is 0 Å². The van der Waals surface area contributed by atoms with Crippen LogP contribution in [-0.4, -0.2) is 17.7 Å². The number of carbonyl (C=O) groups excluding carboxylic acids is 2. The second kappa shape index (κ2) is 4.28. The summed E-state index contributed by atoms with van der Waals surface area (Å²) < 4.78 is 18.7. The summed E-state index contributed by atoms with van der Waals surface area (Å²) in [5.41, 5.74) is 1.21. The van der Waals surface area contributed by atoms with Crippen LogP contribution in [-0.2, 0) is 16.0 Å². The second-order valence-electron chi connectivity index (χ2n) is 5.45. The van der Waals surface area contributed by atoms with Crippen molar-refractivity contribution in [2.24, 2.45) is 0 Å². The Hall–Kier alpha value is -2.43. The van der Waals surface area contributed by atoms with Gasteiger partial charge < -0.3 is 9.32 Å². The van der Waals surface area contributed by atoms with E-state index in [4.69, 9.17) is 4.42 Å². The summed E-state index contributed by atoms with van der Waals surface area (Å²) in [4.78, 5) is 26.3. The van der Waals surface area contributed by atoms with Gasteiger partial charge in [0.15, 0.2) is 5.78 Å². The van der Waals surface area contributed by atoms with Gasteiger partial charge in [-0.25, -0.2) is 4.39 Å². The molecule has 2 aliphatic rings. The highest BCUT2D eigenvalue weighted by Crippen LogP contribution is 2.42. The molecule has 2 atom stereocenters. The lowest BCUT2D eigenvalue weighted by Crippen LogP contribution is -2.45. The first-order valence-electron chi connectivity index (χ1n) is 6.82. The minimum atomic E-state index is -0.540. The molecule has 0 bridgehead atoms. The van der Waals surface area contributed by atoms with Crippen LogP contribution < -0.4 is 4.90 Å². The van der Waals surface area contributed by atoms with Crippen molar-refractivity contribution >= 4 is 17.4 Å². The highest BCUT2D eigenvalue weighted by atomic mass is 19.1. The molecular formula is C16H12FNO3. The summed E-state index contributed by atoms with van der Waals surface area (Å²) in [6.45, 7) is 0. The molecule has 0 spiro atoms. The minimum Gasteiger partial charge on any atom is -0.469 e. The fourth-order valence-electron chi connectivity index (χ4n) is 3.37. The molecule has 1 saturated heterocycles. The number of fused-ring (bicyclic) bond motifs is 3. The number of amides is 1. The van der Waals surface area contributed by atoms with E-state index >= 15 is 0 Å². The van der Waals surface area contributed by atoms with Crippen LogP contribution in [0.2, 0.25) is 0 Å². The van der Waals surface area contributed by atoms with E-state index in [-0.39, 0.29) is 30.4 Å². The molecule has 4 nitrogen and oxygen atoms in total. The van der Waals surface area contributed by atoms with Crippen LogP contribution in [0.4, 0.5) is 10.1 Å². The lowest BCUT2D eigenvalue weighted by molar-refractivity contribution is -0.122. The van der Waals surface area contributed by atoms with Crippen LogP contribution in [0, 0.1) is 5.82 Å². The Kier molecular flexibility index (Phi) is 2.51. The lowest BCUT2D eigenvalue weighted by Gasteiger charge is -2.32. The molecule has 0 N–H and O–H groups in total. The van der Waals surface area contributed by atoms with Gasteiger partial charge in [0.1, 0.15) is 17.6 Å². The van der Waals surface area contributed by atoms with E-state index in [0.717, 1.165) is 0 Å². The largest absolute Gasteiger partial charge is 0.469 e. The summed E-state index contributed by atoms with van der Waals surface area (Å²) in [5, 5.41) is 0. The molecule has 1 fully saturated rings. The van der Waals surface area contributed by atoms with E-state index in [1.165, 1.54) is 17.0 Å². The number of anilines is 1. The van der Waals surface area contributed by atoms with Crippen molar-refractivity contribution < 1.29 is 18.4 Å². The number of rotatable bonds is 1. The van der Waals surface area contributed by atoms with E-state index in [0.29, 0.717) is 17.0 Å². The average molecular weight is 285 g/mol. The molecule has 0 unspecified atom stereocenters. The molecular weight excluding hydrogens is 273 g/mol. The van der Waals surface area contributed by atoms with Crippen LogP contribution in [0.3, 0.4) is 0 Å². The standard InChI is InChI=1S/C16H12FNO3/c17-10-3-4-12-9(6-10)7-13(19)16-11(8-15(20)18(12)16)14-2-1-5-21-14/h1-6,11,16H,7-8H2/t11-,16+/m0/s1. The number of hydrogen-bond acceptors (Lipinski definition) is 3. The molecule has 5 heteroatoms. The Morgan fingerprint density at radius 1 is 1.24 bits per heavy atom. The van der Waals surface area contributed by atoms with E-state index < -0.39 is 11.9 Å². The van der Waals surface area contributed by atoms with Crippen molar-refractivity contribution in [1.82, 2.24) is 0 Å². The summed E-state index contributed by atoms with van der Waals surface area (Å²) in [6, 6.07) is 7.22. The van der Waals surface area contributed by atoms with Gasteiger partial charge in [0, 0.05) is 18.5 Å². The van der Waals surface area contributed by atoms with Gasteiger partial charge in [0.05, 0.1) is 12.2 Å². The highest BCUT2D eigenvalue weighted by Gasteiger charge is 2.49. The maximum absolute atomic E-state index is 13.3. The van der Waals surface area contributed by atoms with Gasteiger partial charge in [0.2, 0.25) is 5.91 Å². The Bertz CT molecular complexity index is 738. The molecule has 0 radical (unpaired) electrons. The van der Waals surface area contributed by atoms with Gasteiger partial charge in [0.25, 0.3) is 0 Å². The maximum Gasteiger partial charge on any atom is 0.228 e. The Morgan fingerprint density at radius 3 is 2.86 bits per heavy atom. The maximum atomic E-state index is 13.3. The van der Waals surface area contributed by atoms with Gasteiger partial charge in [-0.1, -0.05) is 0 Å². The monoisotopic (exact) mass is 285 g/mol. The van der Waals surface area contributed by atoms with Crippen molar-refractivity contribution in [3.05, 3.63) is 53.7 Å². The molecule has 2 aliphatic heterocycles. The average Bonchev–Trinajstić information content (AvgIpc) is 3.06. The number of Topliss-reactive ketones (excluding diaryl/α,β-unsaturated/α-hetero) is 1. The molecule has 106 valence electrons. The van der Waals surface area contributed by atoms with Crippen LogP contribution in [0.1, 0.15) is 23.7 Å². The molecule has 0 aliphatic carbocycles. The fraction of sp³-hybridized carbons (Fsp3) is 0.250.